The molecule has 0 saturated heterocycles. The predicted octanol–water partition coefficient (Wildman–Crippen LogP) is 2.82. The highest BCUT2D eigenvalue weighted by molar-refractivity contribution is 9.10. The van der Waals surface area contributed by atoms with E-state index in [0.29, 0.717) is 6.42 Å². The van der Waals surface area contributed by atoms with Crippen molar-refractivity contribution in [3.8, 4) is 0 Å². The molecule has 0 spiro atoms. The van der Waals surface area contributed by atoms with Crippen LogP contribution in [0, 0.1) is 6.92 Å². The third-order valence-corrected chi connectivity index (χ3v) is 3.44. The summed E-state index contributed by atoms with van der Waals surface area (Å²) in [7, 11) is 0. The zero-order valence-electron chi connectivity index (χ0n) is 9.59. The summed E-state index contributed by atoms with van der Waals surface area (Å²) >= 11 is 3.44. The Morgan fingerprint density at radius 2 is 2.25 bits per heavy atom. The Bertz CT molecular complexity index is 379. The molecule has 1 aromatic carbocycles. The van der Waals surface area contributed by atoms with Gasteiger partial charge in [-0.2, -0.15) is 0 Å². The summed E-state index contributed by atoms with van der Waals surface area (Å²) in [5, 5.41) is 2.82. The number of aryl methyl sites for hydroxylation is 1. The summed E-state index contributed by atoms with van der Waals surface area (Å²) in [6.07, 6.45) is 1.61. The van der Waals surface area contributed by atoms with Crippen LogP contribution in [0.2, 0.25) is 0 Å². The van der Waals surface area contributed by atoms with Crippen LogP contribution in [-0.4, -0.2) is 11.9 Å². The van der Waals surface area contributed by atoms with Crippen LogP contribution in [0.4, 0.5) is 5.69 Å². The Labute approximate surface area is 105 Å². The topological polar surface area (TPSA) is 55.1 Å². The third-order valence-electron chi connectivity index (χ3n) is 2.39. The number of anilines is 1. The number of nitrogens with two attached hydrogens (primary N) is 1. The van der Waals surface area contributed by atoms with Crippen molar-refractivity contribution in [2.45, 2.75) is 32.7 Å². The zero-order chi connectivity index (χ0) is 12.1. The molecule has 88 valence electrons. The standard InChI is InChI=1S/C12H17BrN2O/c1-3-5-9(14)12(16)15-10-7-4-6-8(2)11(10)13/h4,6-7,9H,3,5,14H2,1-2H3,(H,15,16)/t9-/m1/s1. The van der Waals surface area contributed by atoms with Crippen LogP contribution in [0.25, 0.3) is 0 Å². The molecule has 0 aliphatic heterocycles. The second kappa shape index (κ2) is 6.01. The lowest BCUT2D eigenvalue weighted by Gasteiger charge is -2.13. The highest BCUT2D eigenvalue weighted by Gasteiger charge is 2.13. The lowest BCUT2D eigenvalue weighted by atomic mass is 10.1. The van der Waals surface area contributed by atoms with Crippen LogP contribution in [0.5, 0.6) is 0 Å². The minimum atomic E-state index is -0.433. The molecule has 0 aliphatic carbocycles. The predicted molar refractivity (Wildman–Crippen MR) is 70.4 cm³/mol. The maximum absolute atomic E-state index is 11.7. The number of amides is 1. The van der Waals surface area contributed by atoms with Gasteiger partial charge < -0.3 is 11.1 Å². The minimum Gasteiger partial charge on any atom is -0.324 e. The van der Waals surface area contributed by atoms with Gasteiger partial charge in [0.05, 0.1) is 11.7 Å². The highest BCUT2D eigenvalue weighted by Crippen LogP contribution is 2.25. The number of nitrogens with one attached hydrogen (secondary N) is 1. The van der Waals surface area contributed by atoms with Gasteiger partial charge in [0, 0.05) is 4.47 Å². The van der Waals surface area contributed by atoms with Crippen molar-refractivity contribution in [2.24, 2.45) is 5.73 Å². The maximum atomic E-state index is 11.7. The van der Waals surface area contributed by atoms with Crippen LogP contribution in [0.15, 0.2) is 22.7 Å². The fourth-order valence-corrected chi connectivity index (χ4v) is 1.77. The van der Waals surface area contributed by atoms with Gasteiger partial charge in [0.2, 0.25) is 5.91 Å². The summed E-state index contributed by atoms with van der Waals surface area (Å²) in [6.45, 7) is 3.99. The Balaban J connectivity index is 2.73. The van der Waals surface area contributed by atoms with Gasteiger partial charge >= 0.3 is 0 Å². The fraction of sp³-hybridized carbons (Fsp3) is 0.417. The summed E-state index contributed by atoms with van der Waals surface area (Å²) in [5.74, 6) is -0.131. The average Bonchev–Trinajstić information content (AvgIpc) is 2.25. The largest absolute Gasteiger partial charge is 0.324 e. The highest BCUT2D eigenvalue weighted by atomic mass is 79.9. The molecule has 0 unspecified atom stereocenters. The summed E-state index contributed by atoms with van der Waals surface area (Å²) < 4.78 is 0.909. The Morgan fingerprint density at radius 1 is 1.56 bits per heavy atom. The van der Waals surface area contributed by atoms with Gasteiger partial charge in [-0.1, -0.05) is 25.5 Å². The number of halogens is 1. The van der Waals surface area contributed by atoms with Gasteiger partial charge in [0.1, 0.15) is 0 Å². The first kappa shape index (κ1) is 13.2. The Hall–Kier alpha value is -0.870. The normalized spacial score (nSPS) is 12.2. The number of carbonyl (C=O) groups excluding carboxylic acids is 1. The first-order valence-electron chi connectivity index (χ1n) is 5.37. The van der Waals surface area contributed by atoms with Gasteiger partial charge in [-0.15, -0.1) is 0 Å². The Kier molecular flexibility index (Phi) is 4.96. The minimum absolute atomic E-state index is 0.131. The molecule has 0 radical (unpaired) electrons. The van der Waals surface area contributed by atoms with Crippen molar-refractivity contribution >= 4 is 27.5 Å². The van der Waals surface area contributed by atoms with Crippen LogP contribution >= 0.6 is 15.9 Å². The van der Waals surface area contributed by atoms with E-state index in [4.69, 9.17) is 5.73 Å². The second-order valence-electron chi connectivity index (χ2n) is 3.82. The molecule has 0 bridgehead atoms. The molecule has 3 nitrogen and oxygen atoms in total. The average molecular weight is 285 g/mol. The first-order valence-corrected chi connectivity index (χ1v) is 6.17. The van der Waals surface area contributed by atoms with Crippen molar-refractivity contribution < 1.29 is 4.79 Å². The molecule has 0 heterocycles. The SMILES string of the molecule is CCC[C@@H](N)C(=O)Nc1cccc(C)c1Br. The van der Waals surface area contributed by atoms with Gasteiger partial charge in [0.15, 0.2) is 0 Å². The van der Waals surface area contributed by atoms with Gasteiger partial charge in [-0.3, -0.25) is 4.79 Å². The van der Waals surface area contributed by atoms with Crippen molar-refractivity contribution in [3.63, 3.8) is 0 Å². The van der Waals surface area contributed by atoms with E-state index in [-0.39, 0.29) is 5.91 Å². The molecule has 1 atom stereocenters. The molecular weight excluding hydrogens is 268 g/mol. The molecule has 1 rings (SSSR count). The van der Waals surface area contributed by atoms with E-state index in [1.54, 1.807) is 0 Å². The summed E-state index contributed by atoms with van der Waals surface area (Å²) in [6, 6.07) is 5.30. The number of hydrogen-bond donors (Lipinski definition) is 2. The Morgan fingerprint density at radius 3 is 2.88 bits per heavy atom. The molecule has 0 fully saturated rings. The van der Waals surface area contributed by atoms with E-state index in [9.17, 15) is 4.79 Å². The molecule has 16 heavy (non-hydrogen) atoms. The zero-order valence-corrected chi connectivity index (χ0v) is 11.2. The quantitative estimate of drug-likeness (QED) is 0.893. The monoisotopic (exact) mass is 284 g/mol. The van der Waals surface area contributed by atoms with Gasteiger partial charge in [0.25, 0.3) is 0 Å². The van der Waals surface area contributed by atoms with E-state index in [1.807, 2.05) is 32.0 Å². The van der Waals surface area contributed by atoms with Crippen LogP contribution in [-0.2, 0) is 4.79 Å². The van der Waals surface area contributed by atoms with Crippen LogP contribution < -0.4 is 11.1 Å². The van der Waals surface area contributed by atoms with E-state index in [0.717, 1.165) is 22.1 Å². The summed E-state index contributed by atoms with van der Waals surface area (Å²) in [4.78, 5) is 11.7. The third kappa shape index (κ3) is 3.32. The fourth-order valence-electron chi connectivity index (χ4n) is 1.41. The van der Waals surface area contributed by atoms with Crippen LogP contribution in [0.1, 0.15) is 25.3 Å². The van der Waals surface area contributed by atoms with Gasteiger partial charge in [-0.25, -0.2) is 0 Å². The van der Waals surface area contributed by atoms with Crippen molar-refractivity contribution in [2.75, 3.05) is 5.32 Å². The molecular formula is C12H17BrN2O. The van der Waals surface area contributed by atoms with E-state index in [1.165, 1.54) is 0 Å². The molecule has 0 aromatic heterocycles. The molecule has 0 saturated carbocycles. The maximum Gasteiger partial charge on any atom is 0.241 e. The van der Waals surface area contributed by atoms with E-state index >= 15 is 0 Å². The molecule has 0 aliphatic rings. The number of rotatable bonds is 4. The van der Waals surface area contributed by atoms with Crippen molar-refractivity contribution in [3.05, 3.63) is 28.2 Å². The van der Waals surface area contributed by atoms with Crippen molar-refractivity contribution in [1.82, 2.24) is 0 Å². The second-order valence-corrected chi connectivity index (χ2v) is 4.61. The smallest absolute Gasteiger partial charge is 0.241 e. The molecule has 3 N–H and O–H groups in total. The van der Waals surface area contributed by atoms with Crippen LogP contribution in [0.3, 0.4) is 0 Å². The number of benzene rings is 1. The van der Waals surface area contributed by atoms with Crippen molar-refractivity contribution in [1.29, 1.82) is 0 Å². The number of hydrogen-bond acceptors (Lipinski definition) is 2. The lowest BCUT2D eigenvalue weighted by molar-refractivity contribution is -0.117. The molecule has 4 heteroatoms. The number of carbonyl (C=O) groups is 1. The first-order chi connectivity index (χ1) is 7.56. The van der Waals surface area contributed by atoms with E-state index < -0.39 is 6.04 Å². The summed E-state index contributed by atoms with van der Waals surface area (Å²) in [5.41, 5.74) is 7.60. The van der Waals surface area contributed by atoms with E-state index in [2.05, 4.69) is 21.2 Å². The molecule has 1 amide bonds. The van der Waals surface area contributed by atoms with Gasteiger partial charge in [-0.05, 0) is 40.9 Å². The lowest BCUT2D eigenvalue weighted by Crippen LogP contribution is -2.35. The molecule has 1 aromatic rings.